The van der Waals surface area contributed by atoms with Crippen LogP contribution in [0.4, 0.5) is 0 Å². The summed E-state index contributed by atoms with van der Waals surface area (Å²) in [6.45, 7) is 1.83. The predicted molar refractivity (Wildman–Crippen MR) is 76.0 cm³/mol. The molecule has 19 heavy (non-hydrogen) atoms. The molecule has 1 N–H and O–H groups in total. The minimum Gasteiger partial charge on any atom is -0.497 e. The first-order valence-corrected chi connectivity index (χ1v) is 8.09. The van der Waals surface area contributed by atoms with Crippen molar-refractivity contribution in [2.75, 3.05) is 7.11 Å². The Bertz CT molecular complexity index is 618. The molecule has 0 unspecified atom stereocenters. The molecule has 1 aromatic heterocycles. The molecule has 2 aromatic rings. The molecule has 0 aliphatic carbocycles. The lowest BCUT2D eigenvalue weighted by atomic mass is 10.3. The zero-order chi connectivity index (χ0) is 13.9. The first kappa shape index (κ1) is 14.0. The average molecular weight is 297 g/mol. The SMILES string of the molecule is COc1ccc(S(=O)(=O)N[C@H](C)c2cccs2)cc1. The lowest BCUT2D eigenvalue weighted by Crippen LogP contribution is -2.26. The number of nitrogens with one attached hydrogen (secondary N) is 1. The van der Waals surface area contributed by atoms with Crippen molar-refractivity contribution < 1.29 is 13.2 Å². The molecule has 0 saturated carbocycles. The largest absolute Gasteiger partial charge is 0.497 e. The summed E-state index contributed by atoms with van der Waals surface area (Å²) in [5, 5.41) is 1.92. The van der Waals surface area contributed by atoms with Gasteiger partial charge in [-0.2, -0.15) is 0 Å². The molecular formula is C13H15NO3S2. The first-order valence-electron chi connectivity index (χ1n) is 5.73. The molecule has 4 nitrogen and oxygen atoms in total. The second-order valence-electron chi connectivity index (χ2n) is 4.03. The monoisotopic (exact) mass is 297 g/mol. The Morgan fingerprint density at radius 2 is 1.89 bits per heavy atom. The molecular weight excluding hydrogens is 282 g/mol. The summed E-state index contributed by atoms with van der Waals surface area (Å²) in [6.07, 6.45) is 0. The number of methoxy groups -OCH3 is 1. The molecule has 0 amide bonds. The van der Waals surface area contributed by atoms with Gasteiger partial charge in [-0.05, 0) is 42.6 Å². The van der Waals surface area contributed by atoms with Crippen molar-refractivity contribution in [1.29, 1.82) is 0 Å². The standard InChI is InChI=1S/C13H15NO3S2/c1-10(13-4-3-9-18-13)14-19(15,16)12-7-5-11(17-2)6-8-12/h3-10,14H,1-2H3/t10-/m1/s1. The van der Waals surface area contributed by atoms with Gasteiger partial charge in [0.05, 0.1) is 18.0 Å². The van der Waals surface area contributed by atoms with Crippen molar-refractivity contribution in [3.05, 3.63) is 46.7 Å². The van der Waals surface area contributed by atoms with E-state index in [2.05, 4.69) is 4.72 Å². The van der Waals surface area contributed by atoms with Crippen LogP contribution in [-0.4, -0.2) is 15.5 Å². The van der Waals surface area contributed by atoms with E-state index in [4.69, 9.17) is 4.74 Å². The quantitative estimate of drug-likeness (QED) is 0.923. The molecule has 0 aliphatic rings. The molecule has 0 saturated heterocycles. The van der Waals surface area contributed by atoms with Crippen molar-refractivity contribution in [1.82, 2.24) is 4.72 Å². The maximum atomic E-state index is 12.2. The Balaban J connectivity index is 2.17. The Hall–Kier alpha value is -1.37. The fourth-order valence-electron chi connectivity index (χ4n) is 1.65. The third-order valence-corrected chi connectivity index (χ3v) is 5.28. The highest BCUT2D eigenvalue weighted by Crippen LogP contribution is 2.22. The topological polar surface area (TPSA) is 55.4 Å². The molecule has 6 heteroatoms. The van der Waals surface area contributed by atoms with Gasteiger partial charge in [0.1, 0.15) is 5.75 Å². The van der Waals surface area contributed by atoms with Crippen molar-refractivity contribution in [2.24, 2.45) is 0 Å². The van der Waals surface area contributed by atoms with Gasteiger partial charge in [-0.15, -0.1) is 11.3 Å². The van der Waals surface area contributed by atoms with Crippen molar-refractivity contribution in [2.45, 2.75) is 17.9 Å². The molecule has 0 spiro atoms. The summed E-state index contributed by atoms with van der Waals surface area (Å²) in [4.78, 5) is 1.22. The van der Waals surface area contributed by atoms with Gasteiger partial charge in [-0.3, -0.25) is 0 Å². The van der Waals surface area contributed by atoms with E-state index in [-0.39, 0.29) is 10.9 Å². The smallest absolute Gasteiger partial charge is 0.241 e. The van der Waals surface area contributed by atoms with Crippen LogP contribution in [0.25, 0.3) is 0 Å². The van der Waals surface area contributed by atoms with E-state index in [0.29, 0.717) is 5.75 Å². The predicted octanol–water partition coefficient (Wildman–Crippen LogP) is 2.80. The van der Waals surface area contributed by atoms with Crippen molar-refractivity contribution in [3.63, 3.8) is 0 Å². The summed E-state index contributed by atoms with van der Waals surface area (Å²) >= 11 is 1.53. The Labute approximate surface area is 117 Å². The Kier molecular flexibility index (Phi) is 4.24. The van der Waals surface area contributed by atoms with Gasteiger partial charge in [0.2, 0.25) is 10.0 Å². The second-order valence-corrected chi connectivity index (χ2v) is 6.73. The van der Waals surface area contributed by atoms with E-state index >= 15 is 0 Å². The van der Waals surface area contributed by atoms with E-state index < -0.39 is 10.0 Å². The van der Waals surface area contributed by atoms with E-state index in [1.54, 1.807) is 19.2 Å². The second kappa shape index (κ2) is 5.73. The average Bonchev–Trinajstić information content (AvgIpc) is 2.92. The highest BCUT2D eigenvalue weighted by Gasteiger charge is 2.18. The molecule has 1 atom stereocenters. The van der Waals surface area contributed by atoms with Crippen LogP contribution in [0.15, 0.2) is 46.7 Å². The number of ether oxygens (including phenoxy) is 1. The molecule has 1 heterocycles. The third-order valence-electron chi connectivity index (χ3n) is 2.67. The molecule has 0 bridgehead atoms. The van der Waals surface area contributed by atoms with Gasteiger partial charge >= 0.3 is 0 Å². The molecule has 0 radical (unpaired) electrons. The number of benzene rings is 1. The van der Waals surface area contributed by atoms with Crippen LogP contribution in [0.2, 0.25) is 0 Å². The van der Waals surface area contributed by atoms with Crippen LogP contribution in [0, 0.1) is 0 Å². The number of hydrogen-bond acceptors (Lipinski definition) is 4. The van der Waals surface area contributed by atoms with Gasteiger partial charge < -0.3 is 4.74 Å². The lowest BCUT2D eigenvalue weighted by molar-refractivity contribution is 0.414. The molecule has 0 fully saturated rings. The first-order chi connectivity index (χ1) is 9.03. The molecule has 0 aliphatic heterocycles. The highest BCUT2D eigenvalue weighted by atomic mass is 32.2. The van der Waals surface area contributed by atoms with Crippen LogP contribution in [0.3, 0.4) is 0 Å². The van der Waals surface area contributed by atoms with E-state index in [0.717, 1.165) is 4.88 Å². The maximum Gasteiger partial charge on any atom is 0.241 e. The number of sulfonamides is 1. The van der Waals surface area contributed by atoms with Gasteiger partial charge in [0.15, 0.2) is 0 Å². The minimum atomic E-state index is -3.51. The zero-order valence-electron chi connectivity index (χ0n) is 10.7. The number of rotatable bonds is 5. The van der Waals surface area contributed by atoms with Crippen LogP contribution in [0.1, 0.15) is 17.8 Å². The van der Waals surface area contributed by atoms with Gasteiger partial charge in [-0.1, -0.05) is 6.07 Å². The van der Waals surface area contributed by atoms with Crippen molar-refractivity contribution >= 4 is 21.4 Å². The van der Waals surface area contributed by atoms with Crippen molar-refractivity contribution in [3.8, 4) is 5.75 Å². The van der Waals surface area contributed by atoms with Crippen LogP contribution >= 0.6 is 11.3 Å². The Morgan fingerprint density at radius 3 is 2.42 bits per heavy atom. The van der Waals surface area contributed by atoms with Crippen LogP contribution in [0.5, 0.6) is 5.75 Å². The minimum absolute atomic E-state index is 0.233. The highest BCUT2D eigenvalue weighted by molar-refractivity contribution is 7.89. The van der Waals surface area contributed by atoms with Crippen LogP contribution in [-0.2, 0) is 10.0 Å². The van der Waals surface area contributed by atoms with Gasteiger partial charge in [0, 0.05) is 4.88 Å². The molecule has 102 valence electrons. The summed E-state index contributed by atoms with van der Waals surface area (Å²) < 4.78 is 32.0. The lowest BCUT2D eigenvalue weighted by Gasteiger charge is -2.13. The Morgan fingerprint density at radius 1 is 1.21 bits per heavy atom. The molecule has 1 aromatic carbocycles. The number of thiophene rings is 1. The van der Waals surface area contributed by atoms with E-state index in [1.807, 2.05) is 24.4 Å². The summed E-state index contributed by atoms with van der Waals surface area (Å²) in [7, 11) is -1.97. The third kappa shape index (κ3) is 3.34. The fraction of sp³-hybridized carbons (Fsp3) is 0.231. The van der Waals surface area contributed by atoms with E-state index in [9.17, 15) is 8.42 Å². The van der Waals surface area contributed by atoms with E-state index in [1.165, 1.54) is 23.5 Å². The normalized spacial score (nSPS) is 13.2. The summed E-state index contributed by atoms with van der Waals surface area (Å²) in [6, 6.07) is 9.88. The maximum absolute atomic E-state index is 12.2. The molecule has 2 rings (SSSR count). The van der Waals surface area contributed by atoms with Crippen LogP contribution < -0.4 is 9.46 Å². The van der Waals surface area contributed by atoms with Gasteiger partial charge in [0.25, 0.3) is 0 Å². The number of hydrogen-bond donors (Lipinski definition) is 1. The fourth-order valence-corrected chi connectivity index (χ4v) is 3.68. The summed E-state index contributed by atoms with van der Waals surface area (Å²) in [5.41, 5.74) is 0. The van der Waals surface area contributed by atoms with Gasteiger partial charge in [-0.25, -0.2) is 13.1 Å². The summed E-state index contributed by atoms with van der Waals surface area (Å²) in [5.74, 6) is 0.630. The zero-order valence-corrected chi connectivity index (χ0v) is 12.3.